The third-order valence-corrected chi connectivity index (χ3v) is 4.80. The van der Waals surface area contributed by atoms with Crippen LogP contribution < -0.4 is 5.32 Å². The van der Waals surface area contributed by atoms with Crippen molar-refractivity contribution in [1.82, 2.24) is 5.32 Å². The molecular formula is C17H19Br2NO. The van der Waals surface area contributed by atoms with Gasteiger partial charge in [-0.3, -0.25) is 4.79 Å². The van der Waals surface area contributed by atoms with Crippen LogP contribution in [-0.2, 0) is 0 Å². The van der Waals surface area contributed by atoms with Gasteiger partial charge in [0.15, 0.2) is 0 Å². The molecule has 0 aliphatic carbocycles. The lowest BCUT2D eigenvalue weighted by molar-refractivity contribution is 0.0902. The number of alkyl halides is 1. The Morgan fingerprint density at radius 1 is 1.19 bits per heavy atom. The Hall–Kier alpha value is -0.870. The molecule has 1 unspecified atom stereocenters. The summed E-state index contributed by atoms with van der Waals surface area (Å²) >= 11 is 6.92. The summed E-state index contributed by atoms with van der Waals surface area (Å²) in [6.45, 7) is 4.19. The number of nitrogens with one attached hydrogen (secondary N) is 1. The van der Waals surface area contributed by atoms with E-state index in [0.29, 0.717) is 5.56 Å². The molecule has 0 radical (unpaired) electrons. The lowest BCUT2D eigenvalue weighted by Crippen LogP contribution is -2.45. The Balaban J connectivity index is 2.25. The van der Waals surface area contributed by atoms with Gasteiger partial charge in [-0.15, -0.1) is 0 Å². The Kier molecular flexibility index (Phi) is 5.44. The molecule has 0 aliphatic rings. The van der Waals surface area contributed by atoms with Gasteiger partial charge in [0.25, 0.3) is 5.91 Å². The van der Waals surface area contributed by atoms with E-state index in [-0.39, 0.29) is 11.4 Å². The first-order chi connectivity index (χ1) is 9.97. The zero-order valence-electron chi connectivity index (χ0n) is 12.2. The zero-order chi connectivity index (χ0) is 15.5. The van der Waals surface area contributed by atoms with Crippen molar-refractivity contribution in [2.24, 2.45) is 0 Å². The van der Waals surface area contributed by atoms with Crippen molar-refractivity contribution in [2.45, 2.75) is 32.2 Å². The highest BCUT2D eigenvalue weighted by Gasteiger charge is 2.24. The van der Waals surface area contributed by atoms with Gasteiger partial charge in [-0.05, 0) is 54.8 Å². The van der Waals surface area contributed by atoms with E-state index in [9.17, 15) is 4.79 Å². The summed E-state index contributed by atoms with van der Waals surface area (Å²) in [6, 6.07) is 11.9. The van der Waals surface area contributed by atoms with Crippen LogP contribution in [-0.4, -0.2) is 16.8 Å². The standard InChI is InChI=1S/C17H19Br2NO/c1-3-17(2,8-9-18)20-16(21)14-5-4-13-11-15(19)7-6-12(13)10-14/h4-7,10-11H,3,8-9H2,1-2H3,(H,20,21). The summed E-state index contributed by atoms with van der Waals surface area (Å²) in [5.41, 5.74) is 0.536. The smallest absolute Gasteiger partial charge is 0.251 e. The molecule has 2 nitrogen and oxygen atoms in total. The van der Waals surface area contributed by atoms with E-state index in [2.05, 4.69) is 57.1 Å². The van der Waals surface area contributed by atoms with Crippen LogP contribution in [0.2, 0.25) is 0 Å². The quantitative estimate of drug-likeness (QED) is 0.664. The van der Waals surface area contributed by atoms with Crippen LogP contribution in [0.25, 0.3) is 10.8 Å². The van der Waals surface area contributed by atoms with Gasteiger partial charge in [-0.2, -0.15) is 0 Å². The fourth-order valence-corrected chi connectivity index (χ4v) is 3.49. The second-order valence-corrected chi connectivity index (χ2v) is 7.22. The highest BCUT2D eigenvalue weighted by atomic mass is 79.9. The SMILES string of the molecule is CCC(C)(CCBr)NC(=O)c1ccc2cc(Br)ccc2c1. The molecule has 0 saturated carbocycles. The summed E-state index contributed by atoms with van der Waals surface area (Å²) in [6.07, 6.45) is 1.82. The summed E-state index contributed by atoms with van der Waals surface area (Å²) < 4.78 is 1.04. The number of hydrogen-bond donors (Lipinski definition) is 1. The molecule has 0 aliphatic heterocycles. The molecule has 1 atom stereocenters. The lowest BCUT2D eigenvalue weighted by Gasteiger charge is -2.29. The number of hydrogen-bond acceptors (Lipinski definition) is 1. The molecule has 112 valence electrons. The first-order valence-corrected chi connectivity index (χ1v) is 8.97. The molecular weight excluding hydrogens is 394 g/mol. The molecule has 1 amide bonds. The van der Waals surface area contributed by atoms with Crippen LogP contribution in [0.4, 0.5) is 0 Å². The fraction of sp³-hybridized carbons (Fsp3) is 0.353. The Bertz CT molecular complexity index is 656. The van der Waals surface area contributed by atoms with Crippen LogP contribution in [0.3, 0.4) is 0 Å². The lowest BCUT2D eigenvalue weighted by atomic mass is 9.95. The van der Waals surface area contributed by atoms with E-state index in [4.69, 9.17) is 0 Å². The second-order valence-electron chi connectivity index (χ2n) is 5.51. The first-order valence-electron chi connectivity index (χ1n) is 7.05. The molecule has 0 spiro atoms. The van der Waals surface area contributed by atoms with E-state index in [1.807, 2.05) is 30.3 Å². The van der Waals surface area contributed by atoms with Crippen molar-refractivity contribution in [3.8, 4) is 0 Å². The highest BCUT2D eigenvalue weighted by molar-refractivity contribution is 9.10. The van der Waals surface area contributed by atoms with Crippen molar-refractivity contribution >= 4 is 48.5 Å². The molecule has 4 heteroatoms. The molecule has 21 heavy (non-hydrogen) atoms. The first kappa shape index (κ1) is 16.5. The van der Waals surface area contributed by atoms with Gasteiger partial charge in [0.1, 0.15) is 0 Å². The molecule has 1 N–H and O–H groups in total. The van der Waals surface area contributed by atoms with Gasteiger partial charge >= 0.3 is 0 Å². The summed E-state index contributed by atoms with van der Waals surface area (Å²) in [5, 5.41) is 6.23. The van der Waals surface area contributed by atoms with Crippen LogP contribution in [0.5, 0.6) is 0 Å². The largest absolute Gasteiger partial charge is 0.347 e. The predicted molar refractivity (Wildman–Crippen MR) is 96.2 cm³/mol. The third-order valence-electron chi connectivity index (χ3n) is 3.91. The molecule has 2 aromatic rings. The van der Waals surface area contributed by atoms with Crippen LogP contribution >= 0.6 is 31.9 Å². The molecule has 2 aromatic carbocycles. The monoisotopic (exact) mass is 411 g/mol. The Labute approximate surface area is 142 Å². The molecule has 0 saturated heterocycles. The molecule has 0 fully saturated rings. The predicted octanol–water partition coefficient (Wildman–Crippen LogP) is 5.29. The highest BCUT2D eigenvalue weighted by Crippen LogP contribution is 2.22. The maximum Gasteiger partial charge on any atom is 0.251 e. The molecule has 0 aromatic heterocycles. The number of fused-ring (bicyclic) bond motifs is 1. The number of halogens is 2. The van der Waals surface area contributed by atoms with Crippen molar-refractivity contribution in [2.75, 3.05) is 5.33 Å². The number of carbonyl (C=O) groups excluding carboxylic acids is 1. The summed E-state index contributed by atoms with van der Waals surface area (Å²) in [5.74, 6) is -0.00915. The van der Waals surface area contributed by atoms with Crippen molar-refractivity contribution in [3.63, 3.8) is 0 Å². The summed E-state index contributed by atoms with van der Waals surface area (Å²) in [4.78, 5) is 12.5. The maximum atomic E-state index is 12.5. The van der Waals surface area contributed by atoms with Gasteiger partial charge in [0.05, 0.1) is 0 Å². The van der Waals surface area contributed by atoms with Crippen LogP contribution in [0.15, 0.2) is 40.9 Å². The van der Waals surface area contributed by atoms with E-state index in [1.54, 1.807) is 0 Å². The van der Waals surface area contributed by atoms with Crippen molar-refractivity contribution < 1.29 is 4.79 Å². The topological polar surface area (TPSA) is 29.1 Å². The van der Waals surface area contributed by atoms with Gasteiger partial charge in [-0.1, -0.05) is 50.9 Å². The van der Waals surface area contributed by atoms with Crippen LogP contribution in [0, 0.1) is 0 Å². The van der Waals surface area contributed by atoms with Gasteiger partial charge in [-0.25, -0.2) is 0 Å². The van der Waals surface area contributed by atoms with E-state index in [0.717, 1.165) is 33.4 Å². The minimum absolute atomic E-state index is 0.00915. The molecule has 0 bridgehead atoms. The number of benzene rings is 2. The second kappa shape index (κ2) is 6.93. The number of amides is 1. The minimum atomic E-state index is -0.171. The Morgan fingerprint density at radius 2 is 1.86 bits per heavy atom. The average molecular weight is 413 g/mol. The molecule has 0 heterocycles. The number of rotatable bonds is 5. The fourth-order valence-electron chi connectivity index (χ4n) is 2.24. The maximum absolute atomic E-state index is 12.5. The average Bonchev–Trinajstić information content (AvgIpc) is 2.46. The van der Waals surface area contributed by atoms with Gasteiger partial charge in [0.2, 0.25) is 0 Å². The minimum Gasteiger partial charge on any atom is -0.347 e. The van der Waals surface area contributed by atoms with E-state index < -0.39 is 0 Å². The van der Waals surface area contributed by atoms with Crippen LogP contribution in [0.1, 0.15) is 37.0 Å². The molecule has 2 rings (SSSR count). The van der Waals surface area contributed by atoms with Crippen molar-refractivity contribution in [3.05, 3.63) is 46.4 Å². The van der Waals surface area contributed by atoms with Gasteiger partial charge < -0.3 is 5.32 Å². The Morgan fingerprint density at radius 3 is 2.52 bits per heavy atom. The normalized spacial score (nSPS) is 13.9. The van der Waals surface area contributed by atoms with Gasteiger partial charge in [0, 0.05) is 20.9 Å². The zero-order valence-corrected chi connectivity index (χ0v) is 15.4. The van der Waals surface area contributed by atoms with E-state index in [1.165, 1.54) is 0 Å². The number of carbonyl (C=O) groups is 1. The van der Waals surface area contributed by atoms with E-state index >= 15 is 0 Å². The summed E-state index contributed by atoms with van der Waals surface area (Å²) in [7, 11) is 0. The third kappa shape index (κ3) is 4.07. The van der Waals surface area contributed by atoms with Crippen molar-refractivity contribution in [1.29, 1.82) is 0 Å².